The van der Waals surface area contributed by atoms with Gasteiger partial charge in [-0.25, -0.2) is 13.4 Å². The average molecular weight is 479 g/mol. The molecule has 1 aromatic heterocycles. The van der Waals surface area contributed by atoms with Crippen molar-refractivity contribution in [3.63, 3.8) is 0 Å². The predicted molar refractivity (Wildman–Crippen MR) is 124 cm³/mol. The van der Waals surface area contributed by atoms with Crippen molar-refractivity contribution < 1.29 is 22.7 Å². The first kappa shape index (κ1) is 24.1. The number of hydrogen-bond acceptors (Lipinski definition) is 6. The Balaban J connectivity index is 1.39. The summed E-state index contributed by atoms with van der Waals surface area (Å²) >= 11 is 0. The lowest BCUT2D eigenvalue weighted by atomic mass is 9.96. The molecular weight excluding hydrogens is 444 g/mol. The van der Waals surface area contributed by atoms with Crippen molar-refractivity contribution in [1.29, 1.82) is 0 Å². The van der Waals surface area contributed by atoms with Crippen molar-refractivity contribution in [2.45, 2.75) is 50.7 Å². The second-order valence-electron chi connectivity index (χ2n) is 8.66. The first-order valence-electron chi connectivity index (χ1n) is 11.8. The van der Waals surface area contributed by atoms with Gasteiger partial charge in [-0.1, -0.05) is 13.8 Å². The fourth-order valence-electron chi connectivity index (χ4n) is 4.77. The van der Waals surface area contributed by atoms with Crippen LogP contribution >= 0.6 is 0 Å². The van der Waals surface area contributed by atoms with Crippen LogP contribution in [0.4, 0.5) is 0 Å². The highest BCUT2D eigenvalue weighted by Gasteiger charge is 2.31. The van der Waals surface area contributed by atoms with Crippen molar-refractivity contribution >= 4 is 27.0 Å². The maximum Gasteiger partial charge on any atom is 0.243 e. The molecular formula is C23H34N4O5S. The molecule has 0 unspecified atom stereocenters. The van der Waals surface area contributed by atoms with Gasteiger partial charge in [-0.2, -0.15) is 4.31 Å². The van der Waals surface area contributed by atoms with E-state index in [-0.39, 0.29) is 17.1 Å². The molecule has 182 valence electrons. The van der Waals surface area contributed by atoms with Crippen LogP contribution in [-0.2, 0) is 37.8 Å². The predicted octanol–water partition coefficient (Wildman–Crippen LogP) is 2.15. The smallest absolute Gasteiger partial charge is 0.243 e. The Morgan fingerprint density at radius 3 is 2.45 bits per heavy atom. The summed E-state index contributed by atoms with van der Waals surface area (Å²) in [5.74, 6) is 1.26. The molecule has 2 saturated heterocycles. The quantitative estimate of drug-likeness (QED) is 0.577. The number of aromatic nitrogens is 2. The van der Waals surface area contributed by atoms with Gasteiger partial charge >= 0.3 is 0 Å². The van der Waals surface area contributed by atoms with Crippen LogP contribution in [0.5, 0.6) is 0 Å². The molecule has 0 aliphatic carbocycles. The number of fused-ring (bicyclic) bond motifs is 1. The van der Waals surface area contributed by atoms with Gasteiger partial charge in [0.1, 0.15) is 5.82 Å². The van der Waals surface area contributed by atoms with Gasteiger partial charge in [0.15, 0.2) is 6.29 Å². The van der Waals surface area contributed by atoms with Crippen molar-refractivity contribution in [2.24, 2.45) is 13.0 Å². The van der Waals surface area contributed by atoms with Crippen molar-refractivity contribution in [2.75, 3.05) is 39.4 Å². The van der Waals surface area contributed by atoms with Crippen LogP contribution in [-0.4, -0.2) is 78.8 Å². The molecule has 0 atom stereocenters. The number of nitrogens with zero attached hydrogens (tertiary/aromatic N) is 4. The molecule has 0 radical (unpaired) electrons. The molecule has 9 nitrogen and oxygen atoms in total. The van der Waals surface area contributed by atoms with E-state index < -0.39 is 10.0 Å². The number of imidazole rings is 1. The number of aryl methyl sites for hydroxylation is 2. The van der Waals surface area contributed by atoms with Gasteiger partial charge in [0.25, 0.3) is 0 Å². The lowest BCUT2D eigenvalue weighted by molar-refractivity contribution is -0.136. The summed E-state index contributed by atoms with van der Waals surface area (Å²) in [4.78, 5) is 19.6. The molecule has 3 heterocycles. The third kappa shape index (κ3) is 4.94. The van der Waals surface area contributed by atoms with E-state index in [9.17, 15) is 13.2 Å². The van der Waals surface area contributed by atoms with Crippen LogP contribution in [0.3, 0.4) is 0 Å². The van der Waals surface area contributed by atoms with Gasteiger partial charge in [0, 0.05) is 52.0 Å². The summed E-state index contributed by atoms with van der Waals surface area (Å²) < 4.78 is 40.3. The molecule has 10 heteroatoms. The standard InChI is InChI=1S/C23H34N4O5S/c1-4-27(5-2)33(29,30)18-6-7-20-19(16-18)24-21(25(20)3)8-9-22(28)26-12-10-17(11-13-26)23-31-14-15-32-23/h6-7,16-17,23H,4-5,8-15H2,1-3H3. The van der Waals surface area contributed by atoms with Crippen LogP contribution in [0.2, 0.25) is 0 Å². The summed E-state index contributed by atoms with van der Waals surface area (Å²) in [6, 6.07) is 5.06. The maximum absolute atomic E-state index is 12.9. The number of carbonyl (C=O) groups is 1. The molecule has 0 bridgehead atoms. The van der Waals surface area contributed by atoms with Gasteiger partial charge in [-0.05, 0) is 31.0 Å². The van der Waals surface area contributed by atoms with Crippen molar-refractivity contribution in [1.82, 2.24) is 18.8 Å². The van der Waals surface area contributed by atoms with E-state index in [0.29, 0.717) is 50.6 Å². The third-order valence-electron chi connectivity index (χ3n) is 6.78. The van der Waals surface area contributed by atoms with Crippen LogP contribution in [0.25, 0.3) is 11.0 Å². The zero-order valence-corrected chi connectivity index (χ0v) is 20.5. The lowest BCUT2D eigenvalue weighted by Gasteiger charge is -2.33. The number of amides is 1. The first-order chi connectivity index (χ1) is 15.8. The van der Waals surface area contributed by atoms with E-state index in [4.69, 9.17) is 9.47 Å². The molecule has 0 spiro atoms. The van der Waals surface area contributed by atoms with E-state index in [1.807, 2.05) is 30.4 Å². The lowest BCUT2D eigenvalue weighted by Crippen LogP contribution is -2.41. The van der Waals surface area contributed by atoms with Crippen molar-refractivity contribution in [3.8, 4) is 0 Å². The minimum absolute atomic E-state index is 0.113. The summed E-state index contributed by atoms with van der Waals surface area (Å²) in [6.07, 6.45) is 2.57. The van der Waals surface area contributed by atoms with E-state index in [0.717, 1.165) is 37.3 Å². The van der Waals surface area contributed by atoms with E-state index in [1.165, 1.54) is 4.31 Å². The SMILES string of the molecule is CCN(CC)S(=O)(=O)c1ccc2c(c1)nc(CCC(=O)N1CCC(C3OCCO3)CC1)n2C. The first-order valence-corrected chi connectivity index (χ1v) is 13.3. The summed E-state index contributed by atoms with van der Waals surface area (Å²) in [7, 11) is -1.64. The molecule has 2 fully saturated rings. The highest BCUT2D eigenvalue weighted by Crippen LogP contribution is 2.27. The molecule has 1 amide bonds. The van der Waals surface area contributed by atoms with E-state index >= 15 is 0 Å². The van der Waals surface area contributed by atoms with Crippen LogP contribution in [0, 0.1) is 5.92 Å². The Kier molecular flexibility index (Phi) is 7.37. The molecule has 2 aliphatic heterocycles. The van der Waals surface area contributed by atoms with Crippen molar-refractivity contribution in [3.05, 3.63) is 24.0 Å². The van der Waals surface area contributed by atoms with Crippen LogP contribution in [0.15, 0.2) is 23.1 Å². The number of sulfonamides is 1. The van der Waals surface area contributed by atoms with Crippen LogP contribution < -0.4 is 0 Å². The van der Waals surface area contributed by atoms with Gasteiger partial charge in [0.05, 0.1) is 29.1 Å². The summed E-state index contributed by atoms with van der Waals surface area (Å²) in [6.45, 7) is 7.26. The minimum atomic E-state index is -3.54. The van der Waals surface area contributed by atoms with E-state index in [1.54, 1.807) is 18.2 Å². The Morgan fingerprint density at radius 1 is 1.15 bits per heavy atom. The summed E-state index contributed by atoms with van der Waals surface area (Å²) in [5.41, 5.74) is 1.49. The number of ether oxygens (including phenoxy) is 2. The Bertz CT molecular complexity index is 1080. The van der Waals surface area contributed by atoms with Gasteiger partial charge in [-0.3, -0.25) is 4.79 Å². The minimum Gasteiger partial charge on any atom is -0.350 e. The molecule has 4 rings (SSSR count). The number of hydrogen-bond donors (Lipinski definition) is 0. The average Bonchev–Trinajstić information content (AvgIpc) is 3.46. The number of likely N-dealkylation sites (tertiary alicyclic amines) is 1. The van der Waals surface area contributed by atoms with Gasteiger partial charge in [-0.15, -0.1) is 0 Å². The third-order valence-corrected chi connectivity index (χ3v) is 8.82. The fraction of sp³-hybridized carbons (Fsp3) is 0.652. The largest absolute Gasteiger partial charge is 0.350 e. The Labute approximate surface area is 195 Å². The number of rotatable bonds is 8. The second-order valence-corrected chi connectivity index (χ2v) is 10.6. The molecule has 2 aromatic rings. The van der Waals surface area contributed by atoms with E-state index in [2.05, 4.69) is 4.98 Å². The zero-order chi connectivity index (χ0) is 23.6. The molecule has 0 N–H and O–H groups in total. The molecule has 1 aromatic carbocycles. The number of benzene rings is 1. The normalized spacial score (nSPS) is 18.6. The van der Waals surface area contributed by atoms with Crippen LogP contribution in [0.1, 0.15) is 38.9 Å². The summed E-state index contributed by atoms with van der Waals surface area (Å²) in [5, 5.41) is 0. The Hall–Kier alpha value is -2.01. The number of carbonyl (C=O) groups excluding carboxylic acids is 1. The highest BCUT2D eigenvalue weighted by molar-refractivity contribution is 7.89. The zero-order valence-electron chi connectivity index (χ0n) is 19.7. The maximum atomic E-state index is 12.9. The number of piperidine rings is 1. The van der Waals surface area contributed by atoms with Gasteiger partial charge < -0.3 is 18.9 Å². The molecule has 33 heavy (non-hydrogen) atoms. The second kappa shape index (κ2) is 10.1. The van der Waals surface area contributed by atoms with Gasteiger partial charge in [0.2, 0.25) is 15.9 Å². The molecule has 0 saturated carbocycles. The fourth-order valence-corrected chi connectivity index (χ4v) is 6.25. The Morgan fingerprint density at radius 2 is 1.82 bits per heavy atom. The monoisotopic (exact) mass is 478 g/mol. The topological polar surface area (TPSA) is 94.0 Å². The molecule has 2 aliphatic rings. The highest BCUT2D eigenvalue weighted by atomic mass is 32.2.